The Hall–Kier alpha value is -2.21. The monoisotopic (exact) mass is 289 g/mol. The third kappa shape index (κ3) is 5.00. The van der Waals surface area contributed by atoms with Gasteiger partial charge in [0.15, 0.2) is 0 Å². The van der Waals surface area contributed by atoms with Crippen LogP contribution in [-0.2, 0) is 0 Å². The molecule has 21 heavy (non-hydrogen) atoms. The van der Waals surface area contributed by atoms with Gasteiger partial charge >= 0.3 is 0 Å². The Balaban J connectivity index is 1.93. The highest BCUT2D eigenvalue weighted by atomic mass is 19.1. The molecule has 0 fully saturated rings. The molecule has 2 rings (SSSR count). The van der Waals surface area contributed by atoms with Gasteiger partial charge in [0.25, 0.3) is 0 Å². The fourth-order valence-electron chi connectivity index (χ4n) is 1.81. The minimum Gasteiger partial charge on any atom is -0.370 e. The van der Waals surface area contributed by atoms with Crippen LogP contribution < -0.4 is 10.6 Å². The summed E-state index contributed by atoms with van der Waals surface area (Å²) in [6.07, 6.45) is 2.66. The van der Waals surface area contributed by atoms with Crippen molar-refractivity contribution in [2.45, 2.75) is 6.42 Å². The number of para-hydroxylation sites is 1. The molecule has 0 radical (unpaired) electrons. The van der Waals surface area contributed by atoms with E-state index in [1.807, 2.05) is 14.1 Å². The number of hydrogen-bond donors (Lipinski definition) is 2. The maximum Gasteiger partial charge on any atom is 0.229 e. The van der Waals surface area contributed by atoms with Crippen molar-refractivity contribution in [1.29, 1.82) is 0 Å². The highest BCUT2D eigenvalue weighted by Gasteiger charge is 2.03. The van der Waals surface area contributed by atoms with Gasteiger partial charge in [0.05, 0.1) is 5.69 Å². The van der Waals surface area contributed by atoms with Crippen molar-refractivity contribution in [2.75, 3.05) is 37.8 Å². The molecule has 0 unspecified atom stereocenters. The molecule has 0 amide bonds. The van der Waals surface area contributed by atoms with Crippen molar-refractivity contribution >= 4 is 17.5 Å². The normalized spacial score (nSPS) is 10.7. The summed E-state index contributed by atoms with van der Waals surface area (Å²) < 4.78 is 13.6. The number of benzene rings is 1. The van der Waals surface area contributed by atoms with E-state index in [2.05, 4.69) is 25.5 Å². The summed E-state index contributed by atoms with van der Waals surface area (Å²) in [4.78, 5) is 10.5. The van der Waals surface area contributed by atoms with Gasteiger partial charge in [0.1, 0.15) is 11.6 Å². The molecule has 1 aromatic heterocycles. The number of hydrogen-bond acceptors (Lipinski definition) is 5. The van der Waals surface area contributed by atoms with Crippen LogP contribution in [0, 0.1) is 5.82 Å². The van der Waals surface area contributed by atoms with E-state index in [1.165, 1.54) is 6.07 Å². The molecule has 0 saturated carbocycles. The quantitative estimate of drug-likeness (QED) is 0.768. The number of halogens is 1. The van der Waals surface area contributed by atoms with E-state index in [0.717, 1.165) is 25.3 Å². The van der Waals surface area contributed by atoms with Crippen LogP contribution >= 0.6 is 0 Å². The van der Waals surface area contributed by atoms with Crippen LogP contribution in [0.2, 0.25) is 0 Å². The van der Waals surface area contributed by atoms with Crippen LogP contribution in [0.1, 0.15) is 6.42 Å². The van der Waals surface area contributed by atoms with Gasteiger partial charge in [0, 0.05) is 12.7 Å². The highest BCUT2D eigenvalue weighted by Crippen LogP contribution is 2.17. The fourth-order valence-corrected chi connectivity index (χ4v) is 1.81. The molecule has 0 aliphatic rings. The van der Waals surface area contributed by atoms with Crippen LogP contribution in [0.5, 0.6) is 0 Å². The molecule has 2 aromatic rings. The van der Waals surface area contributed by atoms with Gasteiger partial charge < -0.3 is 15.5 Å². The van der Waals surface area contributed by atoms with E-state index < -0.39 is 0 Å². The third-order valence-electron chi connectivity index (χ3n) is 2.86. The zero-order chi connectivity index (χ0) is 15.1. The minimum absolute atomic E-state index is 0.328. The lowest BCUT2D eigenvalue weighted by molar-refractivity contribution is 0.405. The van der Waals surface area contributed by atoms with E-state index in [0.29, 0.717) is 11.6 Å². The highest BCUT2D eigenvalue weighted by molar-refractivity contribution is 5.55. The predicted molar refractivity (Wildman–Crippen MR) is 83.4 cm³/mol. The van der Waals surface area contributed by atoms with Gasteiger partial charge in [-0.25, -0.2) is 9.37 Å². The van der Waals surface area contributed by atoms with E-state index in [9.17, 15) is 4.39 Å². The Morgan fingerprint density at radius 3 is 2.76 bits per heavy atom. The van der Waals surface area contributed by atoms with Crippen LogP contribution in [0.15, 0.2) is 36.5 Å². The van der Waals surface area contributed by atoms with E-state index in [-0.39, 0.29) is 5.82 Å². The van der Waals surface area contributed by atoms with Crippen molar-refractivity contribution in [1.82, 2.24) is 14.9 Å². The lowest BCUT2D eigenvalue weighted by Crippen LogP contribution is -2.16. The number of nitrogens with zero attached hydrogens (tertiary/aromatic N) is 3. The van der Waals surface area contributed by atoms with Crippen LogP contribution in [0.3, 0.4) is 0 Å². The summed E-state index contributed by atoms with van der Waals surface area (Å²) in [5, 5.41) is 6.11. The number of anilines is 3. The number of aromatic nitrogens is 2. The summed E-state index contributed by atoms with van der Waals surface area (Å²) in [7, 11) is 4.09. The summed E-state index contributed by atoms with van der Waals surface area (Å²) in [6.45, 7) is 1.84. The topological polar surface area (TPSA) is 53.1 Å². The average Bonchev–Trinajstić information content (AvgIpc) is 2.46. The summed E-state index contributed by atoms with van der Waals surface area (Å²) >= 11 is 0. The molecule has 0 spiro atoms. The molecule has 0 saturated heterocycles. The second kappa shape index (κ2) is 7.54. The number of nitrogens with one attached hydrogen (secondary N) is 2. The molecule has 0 bridgehead atoms. The molecule has 0 aliphatic heterocycles. The van der Waals surface area contributed by atoms with Crippen LogP contribution in [0.25, 0.3) is 0 Å². The number of rotatable bonds is 7. The second-order valence-corrected chi connectivity index (χ2v) is 4.95. The summed E-state index contributed by atoms with van der Waals surface area (Å²) in [5.41, 5.74) is 0.363. The van der Waals surface area contributed by atoms with Crippen LogP contribution in [0.4, 0.5) is 21.8 Å². The van der Waals surface area contributed by atoms with Crippen molar-refractivity contribution < 1.29 is 4.39 Å². The smallest absolute Gasteiger partial charge is 0.229 e. The largest absolute Gasteiger partial charge is 0.370 e. The Bertz CT molecular complexity index is 573. The Labute approximate surface area is 124 Å². The van der Waals surface area contributed by atoms with Crippen molar-refractivity contribution in [3.8, 4) is 0 Å². The summed E-state index contributed by atoms with van der Waals surface area (Å²) in [6, 6.07) is 8.24. The molecule has 112 valence electrons. The molecule has 6 heteroatoms. The molecule has 1 heterocycles. The molecular weight excluding hydrogens is 269 g/mol. The molecule has 1 aromatic carbocycles. The SMILES string of the molecule is CN(C)CCCNc1ccnc(Nc2ccccc2F)n1. The lowest BCUT2D eigenvalue weighted by Gasteiger charge is -2.11. The Morgan fingerprint density at radius 1 is 1.19 bits per heavy atom. The van der Waals surface area contributed by atoms with E-state index in [4.69, 9.17) is 0 Å². The zero-order valence-electron chi connectivity index (χ0n) is 12.3. The Morgan fingerprint density at radius 2 is 2.00 bits per heavy atom. The van der Waals surface area contributed by atoms with Crippen molar-refractivity contribution in [3.63, 3.8) is 0 Å². The van der Waals surface area contributed by atoms with Gasteiger partial charge in [-0.2, -0.15) is 4.98 Å². The molecule has 2 N–H and O–H groups in total. The molecular formula is C15H20FN5. The summed E-state index contributed by atoms with van der Waals surface area (Å²) in [5.74, 6) is 0.769. The molecule has 5 nitrogen and oxygen atoms in total. The van der Waals surface area contributed by atoms with E-state index >= 15 is 0 Å². The maximum atomic E-state index is 13.6. The van der Waals surface area contributed by atoms with Gasteiger partial charge in [0.2, 0.25) is 5.95 Å². The van der Waals surface area contributed by atoms with Gasteiger partial charge in [-0.1, -0.05) is 12.1 Å². The molecule has 0 atom stereocenters. The van der Waals surface area contributed by atoms with Gasteiger partial charge in [-0.05, 0) is 45.3 Å². The maximum absolute atomic E-state index is 13.6. The zero-order valence-corrected chi connectivity index (χ0v) is 12.3. The predicted octanol–water partition coefficient (Wildman–Crippen LogP) is 2.72. The third-order valence-corrected chi connectivity index (χ3v) is 2.86. The first-order valence-corrected chi connectivity index (χ1v) is 6.88. The van der Waals surface area contributed by atoms with E-state index in [1.54, 1.807) is 30.5 Å². The molecule has 0 aliphatic carbocycles. The fraction of sp³-hybridized carbons (Fsp3) is 0.333. The first-order valence-electron chi connectivity index (χ1n) is 6.88. The first kappa shape index (κ1) is 15.2. The van der Waals surface area contributed by atoms with Crippen molar-refractivity contribution in [2.24, 2.45) is 0 Å². The lowest BCUT2D eigenvalue weighted by atomic mass is 10.3. The Kier molecular flexibility index (Phi) is 5.45. The second-order valence-electron chi connectivity index (χ2n) is 4.95. The van der Waals surface area contributed by atoms with Crippen LogP contribution in [-0.4, -0.2) is 42.1 Å². The minimum atomic E-state index is -0.328. The standard InChI is InChI=1S/C15H20FN5/c1-21(2)11-5-9-17-14-8-10-18-15(20-14)19-13-7-4-3-6-12(13)16/h3-4,6-8,10H,5,9,11H2,1-2H3,(H2,17,18,19,20). The van der Waals surface area contributed by atoms with Gasteiger partial charge in [-0.15, -0.1) is 0 Å². The average molecular weight is 289 g/mol. The van der Waals surface area contributed by atoms with Crippen molar-refractivity contribution in [3.05, 3.63) is 42.3 Å². The van der Waals surface area contributed by atoms with Gasteiger partial charge in [-0.3, -0.25) is 0 Å². The first-order chi connectivity index (χ1) is 10.1.